The molecule has 0 aliphatic carbocycles. The van der Waals surface area contributed by atoms with E-state index in [2.05, 4.69) is 5.32 Å². The number of carboxylic acid groups (broad SMARTS) is 1. The Hall–Kier alpha value is -4.31. The van der Waals surface area contributed by atoms with Gasteiger partial charge in [-0.25, -0.2) is 4.79 Å². The van der Waals surface area contributed by atoms with Crippen LogP contribution >= 0.6 is 0 Å². The Labute approximate surface area is 186 Å². The maximum Gasteiger partial charge on any atom is 0.335 e. The van der Waals surface area contributed by atoms with E-state index < -0.39 is 11.9 Å². The molecule has 0 spiro atoms. The van der Waals surface area contributed by atoms with Crippen LogP contribution in [0.3, 0.4) is 0 Å². The number of benzene rings is 2. The molecule has 1 amide bonds. The average Bonchev–Trinajstić information content (AvgIpc) is 3.05. The van der Waals surface area contributed by atoms with Crippen molar-refractivity contribution >= 4 is 23.6 Å². The van der Waals surface area contributed by atoms with Crippen molar-refractivity contribution < 1.29 is 19.4 Å². The second-order valence-corrected chi connectivity index (χ2v) is 7.10. The maximum absolute atomic E-state index is 12.7. The van der Waals surface area contributed by atoms with E-state index >= 15 is 0 Å². The molecule has 3 rings (SSSR count). The molecule has 2 N–H and O–H groups in total. The van der Waals surface area contributed by atoms with E-state index in [1.807, 2.05) is 43.5 Å². The fraction of sp³-hybridized carbons (Fsp3) is 0.160. The third-order valence-corrected chi connectivity index (χ3v) is 4.89. The van der Waals surface area contributed by atoms with Gasteiger partial charge in [-0.15, -0.1) is 0 Å². The van der Waals surface area contributed by atoms with Crippen molar-refractivity contribution in [2.45, 2.75) is 20.8 Å². The minimum atomic E-state index is -1.01. The first kappa shape index (κ1) is 22.4. The first-order valence-corrected chi connectivity index (χ1v) is 10.0. The lowest BCUT2D eigenvalue weighted by atomic mass is 10.1. The van der Waals surface area contributed by atoms with Gasteiger partial charge in [0.05, 0.1) is 12.2 Å². The van der Waals surface area contributed by atoms with Crippen molar-refractivity contribution in [2.75, 3.05) is 11.9 Å². The molecule has 0 atom stereocenters. The maximum atomic E-state index is 12.7. The van der Waals surface area contributed by atoms with Crippen LogP contribution in [0.2, 0.25) is 0 Å². The molecule has 162 valence electrons. The largest absolute Gasteiger partial charge is 0.494 e. The highest BCUT2D eigenvalue weighted by Crippen LogP contribution is 2.24. The molecular weight excluding hydrogens is 406 g/mol. The van der Waals surface area contributed by atoms with E-state index in [1.54, 1.807) is 36.4 Å². The summed E-state index contributed by atoms with van der Waals surface area (Å²) in [6.07, 6.45) is 1.53. The van der Waals surface area contributed by atoms with Crippen molar-refractivity contribution in [1.82, 2.24) is 4.57 Å². The van der Waals surface area contributed by atoms with Gasteiger partial charge in [0.2, 0.25) is 0 Å². The number of ether oxygens (including phenoxy) is 1. The molecule has 32 heavy (non-hydrogen) atoms. The molecule has 0 aliphatic rings. The predicted molar refractivity (Wildman–Crippen MR) is 122 cm³/mol. The molecule has 0 unspecified atom stereocenters. The molecule has 0 radical (unpaired) electrons. The molecule has 1 aromatic heterocycles. The van der Waals surface area contributed by atoms with E-state index in [-0.39, 0.29) is 11.1 Å². The number of nitriles is 1. The lowest BCUT2D eigenvalue weighted by Gasteiger charge is -2.10. The molecule has 0 saturated carbocycles. The molecule has 1 heterocycles. The fourth-order valence-corrected chi connectivity index (χ4v) is 3.44. The van der Waals surface area contributed by atoms with Crippen molar-refractivity contribution in [3.8, 4) is 17.5 Å². The summed E-state index contributed by atoms with van der Waals surface area (Å²) in [6, 6.07) is 17.4. The number of rotatable bonds is 7. The van der Waals surface area contributed by atoms with Crippen molar-refractivity contribution in [2.24, 2.45) is 0 Å². The van der Waals surface area contributed by atoms with Gasteiger partial charge >= 0.3 is 5.97 Å². The highest BCUT2D eigenvalue weighted by Gasteiger charge is 2.15. The molecule has 0 aliphatic heterocycles. The second kappa shape index (κ2) is 9.67. The number of carbonyl (C=O) groups excluding carboxylic acids is 1. The van der Waals surface area contributed by atoms with Gasteiger partial charge in [-0.1, -0.05) is 12.1 Å². The Bertz CT molecular complexity index is 1250. The average molecular weight is 429 g/mol. The Kier molecular flexibility index (Phi) is 6.76. The quantitative estimate of drug-likeness (QED) is 0.417. The first-order valence-electron chi connectivity index (χ1n) is 10.0. The number of aromatic carboxylic acids is 1. The van der Waals surface area contributed by atoms with Crippen molar-refractivity contribution in [3.05, 3.63) is 82.7 Å². The van der Waals surface area contributed by atoms with Crippen LogP contribution in [-0.4, -0.2) is 28.2 Å². The van der Waals surface area contributed by atoms with Gasteiger partial charge in [-0.3, -0.25) is 4.79 Å². The molecule has 2 aromatic carbocycles. The molecule has 0 saturated heterocycles. The number of carbonyl (C=O) groups is 2. The zero-order valence-electron chi connectivity index (χ0n) is 18.0. The van der Waals surface area contributed by atoms with E-state index in [4.69, 9.17) is 4.74 Å². The van der Waals surface area contributed by atoms with Crippen LogP contribution in [0.15, 0.2) is 60.2 Å². The Morgan fingerprint density at radius 2 is 1.91 bits per heavy atom. The van der Waals surface area contributed by atoms with Crippen LogP contribution in [0.25, 0.3) is 11.8 Å². The second-order valence-electron chi connectivity index (χ2n) is 7.10. The number of nitrogens with one attached hydrogen (secondary N) is 1. The standard InChI is InChI=1S/C25H23N3O4/c1-4-32-23-10-6-8-21(14-23)27-24(29)20(15-26)12-19-11-16(2)28(17(19)3)22-9-5-7-18(13-22)25(30)31/h5-14H,4H2,1-3H3,(H,27,29)(H,30,31)/b20-12+. The fourth-order valence-electron chi connectivity index (χ4n) is 3.44. The van der Waals surface area contributed by atoms with Crippen LogP contribution in [0.1, 0.15) is 34.2 Å². The monoisotopic (exact) mass is 429 g/mol. The Balaban J connectivity index is 1.91. The molecule has 7 nitrogen and oxygen atoms in total. The van der Waals surface area contributed by atoms with Gasteiger partial charge < -0.3 is 19.7 Å². The summed E-state index contributed by atoms with van der Waals surface area (Å²) in [5, 5.41) is 21.6. The first-order chi connectivity index (χ1) is 15.3. The summed E-state index contributed by atoms with van der Waals surface area (Å²) in [4.78, 5) is 24.0. The van der Waals surface area contributed by atoms with Gasteiger partial charge in [0.1, 0.15) is 17.4 Å². The van der Waals surface area contributed by atoms with Gasteiger partial charge in [0.25, 0.3) is 5.91 Å². The lowest BCUT2D eigenvalue weighted by Crippen LogP contribution is -2.13. The molecule has 7 heteroatoms. The summed E-state index contributed by atoms with van der Waals surface area (Å²) < 4.78 is 7.32. The zero-order chi connectivity index (χ0) is 23.3. The highest BCUT2D eigenvalue weighted by molar-refractivity contribution is 6.09. The zero-order valence-corrected chi connectivity index (χ0v) is 18.0. The third kappa shape index (κ3) is 4.87. The van der Waals surface area contributed by atoms with Crippen molar-refractivity contribution in [3.63, 3.8) is 0 Å². The molecule has 3 aromatic rings. The summed E-state index contributed by atoms with van der Waals surface area (Å²) >= 11 is 0. The van der Waals surface area contributed by atoms with Gasteiger partial charge in [0, 0.05) is 28.8 Å². The van der Waals surface area contributed by atoms with Crippen LogP contribution in [0.4, 0.5) is 5.69 Å². The number of amides is 1. The third-order valence-electron chi connectivity index (χ3n) is 4.89. The summed E-state index contributed by atoms with van der Waals surface area (Å²) in [5.74, 6) is -0.912. The number of nitrogens with zero attached hydrogens (tertiary/aromatic N) is 2. The topological polar surface area (TPSA) is 104 Å². The molecular formula is C25H23N3O4. The number of aryl methyl sites for hydroxylation is 1. The van der Waals surface area contributed by atoms with Gasteiger partial charge in [0.15, 0.2) is 0 Å². The molecule has 0 fully saturated rings. The SMILES string of the molecule is CCOc1cccc(NC(=O)/C(C#N)=C/c2cc(C)n(-c3cccc(C(=O)O)c3)c2C)c1. The van der Waals surface area contributed by atoms with E-state index in [0.29, 0.717) is 29.3 Å². The van der Waals surface area contributed by atoms with Crippen LogP contribution in [0, 0.1) is 25.2 Å². The van der Waals surface area contributed by atoms with Crippen LogP contribution in [0.5, 0.6) is 5.75 Å². The minimum Gasteiger partial charge on any atom is -0.494 e. The number of carboxylic acids is 1. The lowest BCUT2D eigenvalue weighted by molar-refractivity contribution is -0.112. The number of anilines is 1. The normalized spacial score (nSPS) is 11.0. The number of hydrogen-bond donors (Lipinski definition) is 2. The van der Waals surface area contributed by atoms with E-state index in [1.165, 1.54) is 12.1 Å². The summed E-state index contributed by atoms with van der Waals surface area (Å²) in [5.41, 5.74) is 3.67. The highest BCUT2D eigenvalue weighted by atomic mass is 16.5. The smallest absolute Gasteiger partial charge is 0.335 e. The predicted octanol–water partition coefficient (Wildman–Crippen LogP) is 4.74. The van der Waals surface area contributed by atoms with Gasteiger partial charge in [-0.2, -0.15) is 5.26 Å². The number of hydrogen-bond acceptors (Lipinski definition) is 4. The minimum absolute atomic E-state index is 0.0497. The number of aromatic nitrogens is 1. The van der Waals surface area contributed by atoms with Gasteiger partial charge in [-0.05, 0) is 68.8 Å². The Morgan fingerprint density at radius 3 is 2.59 bits per heavy atom. The van der Waals surface area contributed by atoms with E-state index in [9.17, 15) is 20.0 Å². The summed E-state index contributed by atoms with van der Waals surface area (Å²) in [6.45, 7) is 6.11. The molecule has 0 bridgehead atoms. The van der Waals surface area contributed by atoms with Crippen LogP contribution in [-0.2, 0) is 4.79 Å². The van der Waals surface area contributed by atoms with Crippen LogP contribution < -0.4 is 10.1 Å². The Morgan fingerprint density at radius 1 is 1.16 bits per heavy atom. The van der Waals surface area contributed by atoms with E-state index in [0.717, 1.165) is 11.4 Å². The summed E-state index contributed by atoms with van der Waals surface area (Å²) in [7, 11) is 0. The van der Waals surface area contributed by atoms with Crippen molar-refractivity contribution in [1.29, 1.82) is 5.26 Å².